The molecule has 0 radical (unpaired) electrons. The molecular weight excluding hydrogens is 204 g/mol. The van der Waals surface area contributed by atoms with Crippen LogP contribution in [0.2, 0.25) is 0 Å². The molecule has 0 bridgehead atoms. The van der Waals surface area contributed by atoms with Gasteiger partial charge in [0.2, 0.25) is 11.8 Å². The smallest absolute Gasteiger partial charge is 0.245 e. The highest BCUT2D eigenvalue weighted by atomic mass is 16.2. The summed E-state index contributed by atoms with van der Waals surface area (Å²) >= 11 is 0. The lowest BCUT2D eigenvalue weighted by atomic mass is 9.85. The molecule has 4 heteroatoms. The second-order valence-electron chi connectivity index (χ2n) is 5.36. The molecule has 2 heterocycles. The third kappa shape index (κ3) is 1.28. The van der Waals surface area contributed by atoms with Gasteiger partial charge in [0.25, 0.3) is 0 Å². The van der Waals surface area contributed by atoms with E-state index in [1.807, 2.05) is 4.90 Å². The lowest BCUT2D eigenvalue weighted by Crippen LogP contribution is -2.58. The molecule has 3 fully saturated rings. The Kier molecular flexibility index (Phi) is 2.19. The van der Waals surface area contributed by atoms with Crippen LogP contribution < -0.4 is 0 Å². The highest BCUT2D eigenvalue weighted by molar-refractivity contribution is 5.95. The Morgan fingerprint density at radius 3 is 2.75 bits per heavy atom. The monoisotopic (exact) mass is 222 g/mol. The predicted molar refractivity (Wildman–Crippen MR) is 58.6 cm³/mol. The fraction of sp³-hybridized carbons (Fsp3) is 0.833. The highest BCUT2D eigenvalue weighted by Crippen LogP contribution is 2.41. The minimum absolute atomic E-state index is 0.139. The summed E-state index contributed by atoms with van der Waals surface area (Å²) in [5, 5.41) is 0. The molecule has 16 heavy (non-hydrogen) atoms. The van der Waals surface area contributed by atoms with E-state index in [1.54, 1.807) is 11.9 Å². The highest BCUT2D eigenvalue weighted by Gasteiger charge is 2.50. The second kappa shape index (κ2) is 3.47. The van der Waals surface area contributed by atoms with Crippen LogP contribution in [0.1, 0.15) is 32.1 Å². The summed E-state index contributed by atoms with van der Waals surface area (Å²) in [6.07, 6.45) is 5.67. The van der Waals surface area contributed by atoms with Crippen LogP contribution in [0.3, 0.4) is 0 Å². The number of hydrogen-bond acceptors (Lipinski definition) is 2. The number of rotatable bonds is 0. The van der Waals surface area contributed by atoms with Gasteiger partial charge >= 0.3 is 0 Å². The number of carbonyl (C=O) groups excluding carboxylic acids is 2. The van der Waals surface area contributed by atoms with Crippen molar-refractivity contribution in [3.05, 3.63) is 0 Å². The van der Waals surface area contributed by atoms with Gasteiger partial charge < -0.3 is 9.80 Å². The van der Waals surface area contributed by atoms with E-state index in [-0.39, 0.29) is 24.4 Å². The maximum Gasteiger partial charge on any atom is 0.245 e. The molecule has 0 aromatic carbocycles. The van der Waals surface area contributed by atoms with Crippen molar-refractivity contribution in [2.75, 3.05) is 13.6 Å². The molecule has 3 aliphatic rings. The van der Waals surface area contributed by atoms with E-state index in [0.29, 0.717) is 12.0 Å². The number of amides is 2. The Bertz CT molecular complexity index is 342. The minimum Gasteiger partial charge on any atom is -0.335 e. The molecule has 0 unspecified atom stereocenters. The first-order valence-corrected chi connectivity index (χ1v) is 6.24. The predicted octanol–water partition coefficient (Wildman–Crippen LogP) is 0.618. The molecule has 3 atom stereocenters. The van der Waals surface area contributed by atoms with Crippen LogP contribution in [-0.4, -0.2) is 47.3 Å². The van der Waals surface area contributed by atoms with Crippen LogP contribution in [0.4, 0.5) is 0 Å². The van der Waals surface area contributed by atoms with Crippen molar-refractivity contribution in [3.63, 3.8) is 0 Å². The van der Waals surface area contributed by atoms with Gasteiger partial charge in [-0.25, -0.2) is 0 Å². The standard InChI is InChI=1S/C12H18N2O2/c1-13-7-11(15)14-9-5-3-2-4-8(9)6-10(14)12(13)16/h8-10H,2-7H2,1H3/t8-,9-,10-/m0/s1. The Balaban J connectivity index is 1.90. The van der Waals surface area contributed by atoms with Gasteiger partial charge in [0.1, 0.15) is 6.04 Å². The largest absolute Gasteiger partial charge is 0.335 e. The van der Waals surface area contributed by atoms with Crippen molar-refractivity contribution >= 4 is 11.8 Å². The zero-order valence-electron chi connectivity index (χ0n) is 9.69. The van der Waals surface area contributed by atoms with E-state index >= 15 is 0 Å². The molecule has 0 N–H and O–H groups in total. The maximum absolute atomic E-state index is 12.0. The Labute approximate surface area is 95.6 Å². The number of piperazine rings is 1. The molecule has 4 nitrogen and oxygen atoms in total. The molecule has 1 saturated carbocycles. The van der Waals surface area contributed by atoms with Crippen molar-refractivity contribution in [2.45, 2.75) is 44.2 Å². The second-order valence-corrected chi connectivity index (χ2v) is 5.36. The fourth-order valence-electron chi connectivity index (χ4n) is 3.66. The molecule has 2 aliphatic heterocycles. The maximum atomic E-state index is 12.0. The molecule has 2 saturated heterocycles. The third-order valence-electron chi connectivity index (χ3n) is 4.41. The average Bonchev–Trinajstić information content (AvgIpc) is 2.65. The third-order valence-corrected chi connectivity index (χ3v) is 4.41. The summed E-state index contributed by atoms with van der Waals surface area (Å²) in [6.45, 7) is 0.276. The summed E-state index contributed by atoms with van der Waals surface area (Å²) in [7, 11) is 1.74. The van der Waals surface area contributed by atoms with Crippen molar-refractivity contribution in [1.29, 1.82) is 0 Å². The number of likely N-dealkylation sites (N-methyl/N-ethyl adjacent to an activating group) is 1. The van der Waals surface area contributed by atoms with Crippen LogP contribution in [0, 0.1) is 5.92 Å². The molecule has 0 aromatic rings. The first-order chi connectivity index (χ1) is 7.68. The average molecular weight is 222 g/mol. The van der Waals surface area contributed by atoms with Gasteiger partial charge in [-0.05, 0) is 25.2 Å². The summed E-state index contributed by atoms with van der Waals surface area (Å²) in [6, 6.07) is 0.225. The van der Waals surface area contributed by atoms with E-state index in [1.165, 1.54) is 19.3 Å². The normalized spacial score (nSPS) is 38.7. The lowest BCUT2D eigenvalue weighted by molar-refractivity contribution is -0.154. The zero-order valence-corrected chi connectivity index (χ0v) is 9.69. The van der Waals surface area contributed by atoms with E-state index in [2.05, 4.69) is 0 Å². The number of hydrogen-bond donors (Lipinski definition) is 0. The molecule has 1 aliphatic carbocycles. The summed E-state index contributed by atoms with van der Waals surface area (Å²) < 4.78 is 0. The van der Waals surface area contributed by atoms with Gasteiger partial charge in [-0.1, -0.05) is 12.8 Å². The van der Waals surface area contributed by atoms with Crippen molar-refractivity contribution in [2.24, 2.45) is 5.92 Å². The SMILES string of the molecule is CN1CC(=O)N2[C@@H](C[C@@H]3CCCC[C@@H]32)C1=O. The molecule has 3 rings (SSSR count). The van der Waals surface area contributed by atoms with Crippen molar-refractivity contribution in [1.82, 2.24) is 9.80 Å². The fourth-order valence-corrected chi connectivity index (χ4v) is 3.66. The van der Waals surface area contributed by atoms with Crippen LogP contribution in [-0.2, 0) is 9.59 Å². The lowest BCUT2D eigenvalue weighted by Gasteiger charge is -2.38. The summed E-state index contributed by atoms with van der Waals surface area (Å²) in [5.74, 6) is 0.883. The van der Waals surface area contributed by atoms with E-state index in [0.717, 1.165) is 12.8 Å². The number of fused-ring (bicyclic) bond motifs is 3. The van der Waals surface area contributed by atoms with Crippen LogP contribution in [0.25, 0.3) is 0 Å². The van der Waals surface area contributed by atoms with Crippen LogP contribution >= 0.6 is 0 Å². The Morgan fingerprint density at radius 1 is 1.19 bits per heavy atom. The van der Waals surface area contributed by atoms with E-state index in [9.17, 15) is 9.59 Å². The number of carbonyl (C=O) groups is 2. The van der Waals surface area contributed by atoms with Crippen molar-refractivity contribution < 1.29 is 9.59 Å². The topological polar surface area (TPSA) is 40.6 Å². The van der Waals surface area contributed by atoms with Crippen molar-refractivity contribution in [3.8, 4) is 0 Å². The van der Waals surface area contributed by atoms with Crippen LogP contribution in [0.5, 0.6) is 0 Å². The number of nitrogens with zero attached hydrogens (tertiary/aromatic N) is 2. The van der Waals surface area contributed by atoms with E-state index in [4.69, 9.17) is 0 Å². The molecule has 2 amide bonds. The van der Waals surface area contributed by atoms with Gasteiger partial charge in [0.15, 0.2) is 0 Å². The van der Waals surface area contributed by atoms with Gasteiger partial charge in [-0.15, -0.1) is 0 Å². The summed E-state index contributed by atoms with van der Waals surface area (Å²) in [5.41, 5.74) is 0. The van der Waals surface area contributed by atoms with Gasteiger partial charge in [0.05, 0.1) is 6.54 Å². The Hall–Kier alpha value is -1.06. The Morgan fingerprint density at radius 2 is 1.94 bits per heavy atom. The van der Waals surface area contributed by atoms with Crippen LogP contribution in [0.15, 0.2) is 0 Å². The summed E-state index contributed by atoms with van der Waals surface area (Å²) in [4.78, 5) is 27.5. The first-order valence-electron chi connectivity index (χ1n) is 6.24. The molecule has 0 aromatic heterocycles. The van der Waals surface area contributed by atoms with Gasteiger partial charge in [0, 0.05) is 13.1 Å². The van der Waals surface area contributed by atoms with Gasteiger partial charge in [-0.2, -0.15) is 0 Å². The quantitative estimate of drug-likeness (QED) is 0.603. The first kappa shape index (κ1) is 10.1. The molecule has 0 spiro atoms. The van der Waals surface area contributed by atoms with E-state index < -0.39 is 0 Å². The zero-order chi connectivity index (χ0) is 11.3. The molecule has 88 valence electrons. The minimum atomic E-state index is -0.139. The molecular formula is C12H18N2O2. The van der Waals surface area contributed by atoms with Gasteiger partial charge in [-0.3, -0.25) is 9.59 Å².